The molecule has 0 unspecified atom stereocenters. The number of piperidine rings is 2. The summed E-state index contributed by atoms with van der Waals surface area (Å²) in [5.41, 5.74) is 2.69. The van der Waals surface area contributed by atoms with Gasteiger partial charge >= 0.3 is 0 Å². The molecule has 0 bridgehead atoms. The third-order valence-electron chi connectivity index (χ3n) is 11.7. The van der Waals surface area contributed by atoms with E-state index < -0.39 is 23.0 Å². The van der Waals surface area contributed by atoms with Crippen molar-refractivity contribution in [1.29, 1.82) is 0 Å². The van der Waals surface area contributed by atoms with E-state index in [4.69, 9.17) is 0 Å². The molecule has 4 aromatic carbocycles. The summed E-state index contributed by atoms with van der Waals surface area (Å²) in [6.45, 7) is 10.6. The number of amides is 2. The van der Waals surface area contributed by atoms with Crippen molar-refractivity contribution in [1.82, 2.24) is 9.80 Å². The lowest BCUT2D eigenvalue weighted by molar-refractivity contribution is -0.160. The van der Waals surface area contributed by atoms with Crippen molar-refractivity contribution in [3.63, 3.8) is 0 Å². The zero-order valence-corrected chi connectivity index (χ0v) is 31.5. The molecule has 0 aliphatic carbocycles. The highest BCUT2D eigenvalue weighted by Crippen LogP contribution is 2.44. The van der Waals surface area contributed by atoms with Gasteiger partial charge in [-0.25, -0.2) is 0 Å². The molecule has 4 aromatic rings. The lowest BCUT2D eigenvalue weighted by Crippen LogP contribution is -2.56. The van der Waals surface area contributed by atoms with Gasteiger partial charge in [-0.05, 0) is 72.6 Å². The number of likely N-dealkylation sites (tertiary alicyclic amines) is 2. The van der Waals surface area contributed by atoms with Crippen LogP contribution < -0.4 is 0 Å². The smallest absolute Gasteiger partial charge is 0.229 e. The van der Waals surface area contributed by atoms with Crippen LogP contribution in [0.5, 0.6) is 0 Å². The maximum atomic E-state index is 13.4. The average Bonchev–Trinajstić information content (AvgIpc) is 3.19. The largest absolute Gasteiger partial charge is 0.389 e. The van der Waals surface area contributed by atoms with Gasteiger partial charge in [0.1, 0.15) is 0 Å². The summed E-state index contributed by atoms with van der Waals surface area (Å²) >= 11 is 0. The minimum Gasteiger partial charge on any atom is -0.389 e. The van der Waals surface area contributed by atoms with Gasteiger partial charge < -0.3 is 20.0 Å². The fourth-order valence-electron chi connectivity index (χ4n) is 8.58. The number of carbonyl (C=O) groups excluding carboxylic acids is 2. The quantitative estimate of drug-likeness (QED) is 0.155. The second-order valence-electron chi connectivity index (χ2n) is 14.7. The van der Waals surface area contributed by atoms with Crippen molar-refractivity contribution < 1.29 is 19.8 Å². The third kappa shape index (κ3) is 8.85. The molecular formula is C46H58N2O4. The maximum Gasteiger partial charge on any atom is 0.229 e. The summed E-state index contributed by atoms with van der Waals surface area (Å²) in [4.78, 5) is 30.7. The Morgan fingerprint density at radius 2 is 0.846 bits per heavy atom. The van der Waals surface area contributed by atoms with Crippen LogP contribution in [0.4, 0.5) is 0 Å². The molecule has 6 heteroatoms. The summed E-state index contributed by atoms with van der Waals surface area (Å²) in [5.74, 6) is -0.547. The fourth-order valence-corrected chi connectivity index (χ4v) is 8.58. The first-order valence-electron chi connectivity index (χ1n) is 19.4. The Hall–Kier alpha value is -4.26. The molecule has 0 spiro atoms. The van der Waals surface area contributed by atoms with Gasteiger partial charge in [-0.1, -0.05) is 149 Å². The average molecular weight is 703 g/mol. The van der Waals surface area contributed by atoms with Crippen LogP contribution in [0.15, 0.2) is 121 Å². The normalized spacial score (nSPS) is 24.5. The van der Waals surface area contributed by atoms with Gasteiger partial charge in [0.05, 0.1) is 23.0 Å². The van der Waals surface area contributed by atoms with Crippen molar-refractivity contribution >= 4 is 11.8 Å². The van der Waals surface area contributed by atoms with Gasteiger partial charge in [0.15, 0.2) is 0 Å². The van der Waals surface area contributed by atoms with Crippen molar-refractivity contribution in [2.45, 2.75) is 102 Å². The van der Waals surface area contributed by atoms with Gasteiger partial charge in [0.2, 0.25) is 11.8 Å². The van der Waals surface area contributed by atoms with E-state index in [-0.39, 0.29) is 23.7 Å². The van der Waals surface area contributed by atoms with Crippen LogP contribution in [0.3, 0.4) is 0 Å². The Morgan fingerprint density at radius 1 is 0.538 bits per heavy atom. The number of rotatable bonds is 12. The highest BCUT2D eigenvalue weighted by molar-refractivity contribution is 5.83. The summed E-state index contributed by atoms with van der Waals surface area (Å²) in [6.07, 6.45) is 4.15. The first kappa shape index (κ1) is 39.0. The molecule has 6 rings (SSSR count). The predicted octanol–water partition coefficient (Wildman–Crippen LogP) is 8.74. The zero-order chi connectivity index (χ0) is 37.1. The molecule has 2 amide bonds. The second kappa shape index (κ2) is 18.0. The predicted molar refractivity (Wildman–Crippen MR) is 209 cm³/mol. The maximum absolute atomic E-state index is 13.4. The molecule has 0 radical (unpaired) electrons. The van der Waals surface area contributed by atoms with E-state index in [1.807, 2.05) is 96.4 Å². The first-order valence-corrected chi connectivity index (χ1v) is 19.4. The van der Waals surface area contributed by atoms with E-state index in [9.17, 15) is 19.8 Å². The van der Waals surface area contributed by atoms with Crippen LogP contribution in [0.1, 0.15) is 100 Å². The summed E-state index contributed by atoms with van der Waals surface area (Å²) < 4.78 is 0. The minimum atomic E-state index is -0.930. The number of aliphatic hydroxyl groups is 2. The number of hydrogen-bond acceptors (Lipinski definition) is 4. The molecule has 0 saturated carbocycles. The lowest BCUT2D eigenvalue weighted by atomic mass is 9.68. The first-order chi connectivity index (χ1) is 25.2. The standard InChI is InChI=1S/2C23H29NO2/c2*1-3-20(19-13-9-6-10-14-19)21-22(25)24(16-15-23(21,26)4-2)17-18-11-7-5-8-12-18/h2*5-14,20-21,26H,3-4,15-17H2,1-2H3/t2*20-,21-,23+/m00/s1. The molecule has 2 saturated heterocycles. The van der Waals surface area contributed by atoms with Gasteiger partial charge in [0.25, 0.3) is 0 Å². The van der Waals surface area contributed by atoms with Crippen LogP contribution in [-0.4, -0.2) is 56.1 Å². The Labute approximate surface area is 311 Å². The number of nitrogens with zero attached hydrogens (tertiary/aromatic N) is 2. The molecule has 2 N–H and O–H groups in total. The van der Waals surface area contributed by atoms with Crippen LogP contribution in [-0.2, 0) is 22.7 Å². The monoisotopic (exact) mass is 702 g/mol. The number of carbonyl (C=O) groups is 2. The molecule has 2 fully saturated rings. The highest BCUT2D eigenvalue weighted by Gasteiger charge is 2.50. The lowest BCUT2D eigenvalue weighted by Gasteiger charge is -2.46. The van der Waals surface area contributed by atoms with Crippen LogP contribution in [0.2, 0.25) is 0 Å². The van der Waals surface area contributed by atoms with Crippen LogP contribution in [0.25, 0.3) is 0 Å². The molecule has 6 nitrogen and oxygen atoms in total. The zero-order valence-electron chi connectivity index (χ0n) is 31.5. The van der Waals surface area contributed by atoms with E-state index in [1.54, 1.807) is 0 Å². The van der Waals surface area contributed by atoms with E-state index in [2.05, 4.69) is 62.4 Å². The van der Waals surface area contributed by atoms with Crippen LogP contribution in [0, 0.1) is 11.8 Å². The van der Waals surface area contributed by atoms with E-state index in [0.29, 0.717) is 51.9 Å². The fraction of sp³-hybridized carbons (Fsp3) is 0.435. The second-order valence-corrected chi connectivity index (χ2v) is 14.7. The molecule has 276 valence electrons. The van der Waals surface area contributed by atoms with Crippen molar-refractivity contribution in [3.8, 4) is 0 Å². The van der Waals surface area contributed by atoms with Gasteiger partial charge in [0, 0.05) is 26.2 Å². The molecule has 52 heavy (non-hydrogen) atoms. The minimum absolute atomic E-state index is 0.0345. The van der Waals surface area contributed by atoms with Gasteiger partial charge in [-0.15, -0.1) is 0 Å². The van der Waals surface area contributed by atoms with E-state index >= 15 is 0 Å². The van der Waals surface area contributed by atoms with Crippen molar-refractivity contribution in [2.24, 2.45) is 11.8 Å². The molecule has 2 aliphatic heterocycles. The Kier molecular flexibility index (Phi) is 13.5. The molecule has 2 heterocycles. The van der Waals surface area contributed by atoms with Crippen molar-refractivity contribution in [3.05, 3.63) is 144 Å². The van der Waals surface area contributed by atoms with Crippen molar-refractivity contribution in [2.75, 3.05) is 13.1 Å². The van der Waals surface area contributed by atoms with Gasteiger partial charge in [-0.3, -0.25) is 9.59 Å². The number of benzene rings is 4. The number of hydrogen-bond donors (Lipinski definition) is 2. The van der Waals surface area contributed by atoms with E-state index in [1.165, 1.54) is 0 Å². The Balaban J connectivity index is 0.000000201. The Bertz CT molecular complexity index is 1560. The van der Waals surface area contributed by atoms with Gasteiger partial charge in [-0.2, -0.15) is 0 Å². The van der Waals surface area contributed by atoms with E-state index in [0.717, 1.165) is 35.1 Å². The SMILES string of the molecule is CC[C@@H](c1ccccc1)[C@H]1C(=O)N(Cc2ccccc2)CC[C@]1(O)CC.CC[C@@H](c1ccccc1)[C@H]1C(=O)N(Cc2ccccc2)CC[C@]1(O)CC. The molecular weight excluding hydrogens is 645 g/mol. The topological polar surface area (TPSA) is 81.1 Å². The Morgan fingerprint density at radius 3 is 1.13 bits per heavy atom. The molecule has 0 aromatic heterocycles. The summed E-state index contributed by atoms with van der Waals surface area (Å²) in [6, 6.07) is 40.5. The summed E-state index contributed by atoms with van der Waals surface area (Å²) in [5, 5.41) is 22.6. The summed E-state index contributed by atoms with van der Waals surface area (Å²) in [7, 11) is 0. The molecule has 2 aliphatic rings. The van der Waals surface area contributed by atoms with Crippen LogP contribution >= 0.6 is 0 Å². The highest BCUT2D eigenvalue weighted by atomic mass is 16.3. The third-order valence-corrected chi connectivity index (χ3v) is 11.7. The molecule has 6 atom stereocenters.